The highest BCUT2D eigenvalue weighted by atomic mass is 32.1. The van der Waals surface area contributed by atoms with Gasteiger partial charge in [0.2, 0.25) is 0 Å². The van der Waals surface area contributed by atoms with E-state index in [0.717, 1.165) is 23.6 Å². The second-order valence-electron chi connectivity index (χ2n) is 4.29. The first-order chi connectivity index (χ1) is 9.24. The first kappa shape index (κ1) is 13.9. The van der Waals surface area contributed by atoms with Crippen LogP contribution in [0.2, 0.25) is 0 Å². The zero-order chi connectivity index (χ0) is 13.7. The van der Waals surface area contributed by atoms with Gasteiger partial charge in [0.05, 0.1) is 14.2 Å². The van der Waals surface area contributed by atoms with Gasteiger partial charge in [-0.1, -0.05) is 6.07 Å². The van der Waals surface area contributed by atoms with E-state index in [2.05, 4.69) is 29.8 Å². The number of thiophene rings is 1. The van der Waals surface area contributed by atoms with Crippen molar-refractivity contribution in [3.63, 3.8) is 0 Å². The Kier molecular flexibility index (Phi) is 4.82. The second-order valence-corrected chi connectivity index (χ2v) is 5.32. The molecule has 0 saturated heterocycles. The maximum atomic E-state index is 5.41. The van der Waals surface area contributed by atoms with Crippen LogP contribution >= 0.6 is 11.3 Å². The fraction of sp³-hybridized carbons (Fsp3) is 0.333. The van der Waals surface area contributed by atoms with E-state index in [4.69, 9.17) is 9.47 Å². The summed E-state index contributed by atoms with van der Waals surface area (Å²) in [5.74, 6) is 1.73. The average Bonchev–Trinajstić information content (AvgIpc) is 2.97. The Labute approximate surface area is 118 Å². The minimum Gasteiger partial charge on any atom is -0.497 e. The smallest absolute Gasteiger partial charge is 0.123 e. The third-order valence-corrected chi connectivity index (χ3v) is 3.94. The minimum absolute atomic E-state index is 0.201. The zero-order valence-electron chi connectivity index (χ0n) is 11.5. The van der Waals surface area contributed by atoms with Crippen molar-refractivity contribution in [2.75, 3.05) is 14.2 Å². The van der Waals surface area contributed by atoms with E-state index in [1.807, 2.05) is 18.2 Å². The normalized spacial score (nSPS) is 12.2. The van der Waals surface area contributed by atoms with Gasteiger partial charge < -0.3 is 14.8 Å². The molecule has 2 aromatic rings. The maximum absolute atomic E-state index is 5.41. The van der Waals surface area contributed by atoms with Gasteiger partial charge in [0.15, 0.2) is 0 Å². The van der Waals surface area contributed by atoms with Gasteiger partial charge in [-0.25, -0.2) is 0 Å². The van der Waals surface area contributed by atoms with Crippen LogP contribution in [0, 0.1) is 0 Å². The fourth-order valence-corrected chi connectivity index (χ4v) is 2.61. The van der Waals surface area contributed by atoms with Gasteiger partial charge in [-0.3, -0.25) is 0 Å². The van der Waals surface area contributed by atoms with Crippen molar-refractivity contribution in [3.05, 3.63) is 46.2 Å². The van der Waals surface area contributed by atoms with Gasteiger partial charge in [0.1, 0.15) is 11.5 Å². The Hall–Kier alpha value is -1.52. The molecule has 1 heterocycles. The van der Waals surface area contributed by atoms with E-state index in [1.165, 1.54) is 4.88 Å². The monoisotopic (exact) mass is 277 g/mol. The number of nitrogens with one attached hydrogen (secondary N) is 1. The molecule has 0 aliphatic carbocycles. The first-order valence-electron chi connectivity index (χ1n) is 6.22. The Bertz CT molecular complexity index is 511. The van der Waals surface area contributed by atoms with Crippen molar-refractivity contribution >= 4 is 11.3 Å². The first-order valence-corrected chi connectivity index (χ1v) is 7.10. The summed E-state index contributed by atoms with van der Waals surface area (Å²) >= 11 is 1.76. The quantitative estimate of drug-likeness (QED) is 0.875. The molecular weight excluding hydrogens is 258 g/mol. The molecule has 4 heteroatoms. The van der Waals surface area contributed by atoms with Crippen molar-refractivity contribution in [2.45, 2.75) is 19.5 Å². The highest BCUT2D eigenvalue weighted by Gasteiger charge is 2.12. The number of methoxy groups -OCH3 is 2. The second kappa shape index (κ2) is 6.59. The summed E-state index contributed by atoms with van der Waals surface area (Å²) in [6.45, 7) is 2.99. The molecule has 0 amide bonds. The topological polar surface area (TPSA) is 30.5 Å². The van der Waals surface area contributed by atoms with Crippen molar-refractivity contribution < 1.29 is 9.47 Å². The summed E-state index contributed by atoms with van der Waals surface area (Å²) in [5, 5.41) is 5.59. The molecule has 1 aromatic carbocycles. The third kappa shape index (κ3) is 3.49. The molecular formula is C15H19NO2S. The predicted octanol–water partition coefficient (Wildman–Crippen LogP) is 3.62. The van der Waals surface area contributed by atoms with Crippen molar-refractivity contribution in [2.24, 2.45) is 0 Å². The SMILES string of the molecule is COc1ccc(OC)c(C(C)NCc2cccs2)c1. The molecule has 1 N–H and O–H groups in total. The lowest BCUT2D eigenvalue weighted by Crippen LogP contribution is -2.18. The summed E-state index contributed by atoms with van der Waals surface area (Å²) in [6, 6.07) is 10.3. The number of benzene rings is 1. The molecule has 1 atom stereocenters. The van der Waals surface area contributed by atoms with Crippen LogP contribution in [0.5, 0.6) is 11.5 Å². The number of hydrogen-bond acceptors (Lipinski definition) is 4. The van der Waals surface area contributed by atoms with Crippen molar-refractivity contribution in [1.82, 2.24) is 5.32 Å². The molecule has 0 bridgehead atoms. The van der Waals surface area contributed by atoms with Crippen LogP contribution in [-0.2, 0) is 6.54 Å². The Morgan fingerprint density at radius 2 is 2.05 bits per heavy atom. The lowest BCUT2D eigenvalue weighted by Gasteiger charge is -2.18. The molecule has 0 spiro atoms. The number of rotatable bonds is 6. The predicted molar refractivity (Wildman–Crippen MR) is 79.1 cm³/mol. The Morgan fingerprint density at radius 1 is 1.21 bits per heavy atom. The van der Waals surface area contributed by atoms with Crippen LogP contribution < -0.4 is 14.8 Å². The van der Waals surface area contributed by atoms with Crippen LogP contribution in [-0.4, -0.2) is 14.2 Å². The molecule has 2 rings (SSSR count). The largest absolute Gasteiger partial charge is 0.497 e. The lowest BCUT2D eigenvalue weighted by molar-refractivity contribution is 0.391. The highest BCUT2D eigenvalue weighted by molar-refractivity contribution is 7.09. The summed E-state index contributed by atoms with van der Waals surface area (Å²) in [6.07, 6.45) is 0. The van der Waals surface area contributed by atoms with E-state index in [0.29, 0.717) is 0 Å². The summed E-state index contributed by atoms with van der Waals surface area (Å²) in [5.41, 5.74) is 1.11. The third-order valence-electron chi connectivity index (χ3n) is 3.07. The summed E-state index contributed by atoms with van der Waals surface area (Å²) in [4.78, 5) is 1.33. The van der Waals surface area contributed by atoms with Crippen LogP contribution in [0.15, 0.2) is 35.7 Å². The van der Waals surface area contributed by atoms with Gasteiger partial charge in [-0.05, 0) is 36.6 Å². The van der Waals surface area contributed by atoms with E-state index in [1.54, 1.807) is 25.6 Å². The number of ether oxygens (including phenoxy) is 2. The van der Waals surface area contributed by atoms with Gasteiger partial charge in [0, 0.05) is 23.0 Å². The maximum Gasteiger partial charge on any atom is 0.123 e. The van der Waals surface area contributed by atoms with Crippen LogP contribution in [0.3, 0.4) is 0 Å². The zero-order valence-corrected chi connectivity index (χ0v) is 12.3. The summed E-state index contributed by atoms with van der Waals surface area (Å²) < 4.78 is 10.7. The van der Waals surface area contributed by atoms with Crippen molar-refractivity contribution in [1.29, 1.82) is 0 Å². The van der Waals surface area contributed by atoms with E-state index in [-0.39, 0.29) is 6.04 Å². The standard InChI is InChI=1S/C15H19NO2S/c1-11(16-10-13-5-4-8-19-13)14-9-12(17-2)6-7-15(14)18-3/h4-9,11,16H,10H2,1-3H3. The molecule has 3 nitrogen and oxygen atoms in total. The molecule has 1 aromatic heterocycles. The van der Waals surface area contributed by atoms with Crippen molar-refractivity contribution in [3.8, 4) is 11.5 Å². The van der Waals surface area contributed by atoms with Gasteiger partial charge in [0.25, 0.3) is 0 Å². The average molecular weight is 277 g/mol. The Balaban J connectivity index is 2.10. The van der Waals surface area contributed by atoms with E-state index < -0.39 is 0 Å². The molecule has 0 aliphatic rings. The molecule has 19 heavy (non-hydrogen) atoms. The summed E-state index contributed by atoms with van der Waals surface area (Å²) in [7, 11) is 3.37. The highest BCUT2D eigenvalue weighted by Crippen LogP contribution is 2.29. The molecule has 0 fully saturated rings. The van der Waals surface area contributed by atoms with E-state index in [9.17, 15) is 0 Å². The van der Waals surface area contributed by atoms with Gasteiger partial charge >= 0.3 is 0 Å². The minimum atomic E-state index is 0.201. The van der Waals surface area contributed by atoms with Crippen LogP contribution in [0.1, 0.15) is 23.4 Å². The molecule has 1 unspecified atom stereocenters. The molecule has 0 aliphatic heterocycles. The van der Waals surface area contributed by atoms with Crippen LogP contribution in [0.4, 0.5) is 0 Å². The molecule has 0 radical (unpaired) electrons. The van der Waals surface area contributed by atoms with Gasteiger partial charge in [-0.15, -0.1) is 11.3 Å². The fourth-order valence-electron chi connectivity index (χ4n) is 1.95. The Morgan fingerprint density at radius 3 is 2.68 bits per heavy atom. The number of hydrogen-bond donors (Lipinski definition) is 1. The molecule has 102 valence electrons. The van der Waals surface area contributed by atoms with E-state index >= 15 is 0 Å². The van der Waals surface area contributed by atoms with Crippen LogP contribution in [0.25, 0.3) is 0 Å². The van der Waals surface area contributed by atoms with Gasteiger partial charge in [-0.2, -0.15) is 0 Å². The lowest BCUT2D eigenvalue weighted by atomic mass is 10.1. The molecule has 0 saturated carbocycles.